The van der Waals surface area contributed by atoms with Crippen LogP contribution in [0.5, 0.6) is 0 Å². The Morgan fingerprint density at radius 3 is 2.41 bits per heavy atom. The summed E-state index contributed by atoms with van der Waals surface area (Å²) in [6.07, 6.45) is 2.07. The van der Waals surface area contributed by atoms with Crippen LogP contribution in [0.15, 0.2) is 48.5 Å². The molecule has 1 aliphatic rings. The van der Waals surface area contributed by atoms with Crippen LogP contribution in [0.2, 0.25) is 0 Å². The van der Waals surface area contributed by atoms with Gasteiger partial charge in [-0.2, -0.15) is 0 Å². The Morgan fingerprint density at radius 2 is 1.70 bits per heavy atom. The summed E-state index contributed by atoms with van der Waals surface area (Å²) in [5, 5.41) is 5.19. The zero-order valence-electron chi connectivity index (χ0n) is 16.0. The van der Waals surface area contributed by atoms with E-state index in [0.717, 1.165) is 42.7 Å². The minimum absolute atomic E-state index is 0.252. The predicted molar refractivity (Wildman–Crippen MR) is 108 cm³/mol. The Balaban J connectivity index is 1.44. The summed E-state index contributed by atoms with van der Waals surface area (Å²) in [5.74, 6) is 0.286. The Kier molecular flexibility index (Phi) is 6.24. The summed E-state index contributed by atoms with van der Waals surface area (Å²) in [5.41, 5.74) is 4.20. The topological polar surface area (TPSA) is 61.4 Å². The molecule has 2 aromatic carbocycles. The largest absolute Gasteiger partial charge is 0.325 e. The molecule has 1 saturated heterocycles. The van der Waals surface area contributed by atoms with Crippen molar-refractivity contribution in [3.8, 4) is 0 Å². The third kappa shape index (κ3) is 5.17. The number of hydrogen-bond acceptors (Lipinski definition) is 3. The van der Waals surface area contributed by atoms with Crippen LogP contribution >= 0.6 is 0 Å². The van der Waals surface area contributed by atoms with E-state index >= 15 is 0 Å². The maximum absolute atomic E-state index is 12.2. The molecule has 27 heavy (non-hydrogen) atoms. The number of anilines is 1. The Morgan fingerprint density at radius 1 is 1.00 bits per heavy atom. The van der Waals surface area contributed by atoms with E-state index < -0.39 is 6.03 Å². The lowest BCUT2D eigenvalue weighted by Crippen LogP contribution is -2.44. The fraction of sp³-hybridized carbons (Fsp3) is 0.364. The SMILES string of the molecule is Cc1cccc(NC(=O)NC(=O)CN2CCC(c3ccccc3)CC2)c1C. The van der Waals surface area contributed by atoms with Gasteiger partial charge in [0, 0.05) is 5.69 Å². The fourth-order valence-electron chi connectivity index (χ4n) is 3.56. The number of carbonyl (C=O) groups excluding carboxylic acids is 2. The standard InChI is InChI=1S/C22H27N3O2/c1-16-7-6-10-20(17(16)2)23-22(27)24-21(26)15-25-13-11-19(12-14-25)18-8-4-3-5-9-18/h3-10,19H,11-15H2,1-2H3,(H2,23,24,26,27). The number of piperidine rings is 1. The molecule has 142 valence electrons. The number of imide groups is 1. The molecule has 1 aliphatic heterocycles. The van der Waals surface area contributed by atoms with Gasteiger partial charge in [0.1, 0.15) is 0 Å². The molecule has 0 aromatic heterocycles. The van der Waals surface area contributed by atoms with Gasteiger partial charge in [-0.05, 0) is 68.5 Å². The molecule has 1 heterocycles. The van der Waals surface area contributed by atoms with E-state index in [1.165, 1.54) is 5.56 Å². The van der Waals surface area contributed by atoms with Gasteiger partial charge in [0.15, 0.2) is 0 Å². The third-order valence-electron chi connectivity index (χ3n) is 5.33. The second kappa shape index (κ2) is 8.82. The van der Waals surface area contributed by atoms with Crippen molar-refractivity contribution in [3.63, 3.8) is 0 Å². The highest BCUT2D eigenvalue weighted by atomic mass is 16.2. The molecule has 0 atom stereocenters. The van der Waals surface area contributed by atoms with Gasteiger partial charge >= 0.3 is 6.03 Å². The van der Waals surface area contributed by atoms with Gasteiger partial charge < -0.3 is 5.32 Å². The Labute approximate surface area is 160 Å². The monoisotopic (exact) mass is 365 g/mol. The molecule has 0 unspecified atom stereocenters. The lowest BCUT2D eigenvalue weighted by Gasteiger charge is -2.31. The van der Waals surface area contributed by atoms with Crippen molar-refractivity contribution < 1.29 is 9.59 Å². The summed E-state index contributed by atoms with van der Waals surface area (Å²) < 4.78 is 0. The van der Waals surface area contributed by atoms with Gasteiger partial charge in [0.2, 0.25) is 5.91 Å². The van der Waals surface area contributed by atoms with Crippen LogP contribution in [-0.2, 0) is 4.79 Å². The number of nitrogens with zero attached hydrogens (tertiary/aromatic N) is 1. The minimum atomic E-state index is -0.479. The number of carbonyl (C=O) groups is 2. The lowest BCUT2D eigenvalue weighted by molar-refractivity contribution is -0.121. The predicted octanol–water partition coefficient (Wildman–Crippen LogP) is 3.83. The van der Waals surface area contributed by atoms with Gasteiger partial charge in [-0.15, -0.1) is 0 Å². The zero-order chi connectivity index (χ0) is 19.2. The van der Waals surface area contributed by atoms with Crippen molar-refractivity contribution in [2.75, 3.05) is 25.0 Å². The van der Waals surface area contributed by atoms with Crippen molar-refractivity contribution in [2.24, 2.45) is 0 Å². The second-order valence-electron chi connectivity index (χ2n) is 7.21. The van der Waals surface area contributed by atoms with Crippen molar-refractivity contribution in [1.29, 1.82) is 0 Å². The molecule has 5 nitrogen and oxygen atoms in total. The smallest absolute Gasteiger partial charge is 0.307 e. The average Bonchev–Trinajstić information content (AvgIpc) is 2.66. The first kappa shape index (κ1) is 19.1. The number of nitrogens with one attached hydrogen (secondary N) is 2. The van der Waals surface area contributed by atoms with Crippen LogP contribution in [0.1, 0.15) is 35.4 Å². The maximum Gasteiger partial charge on any atom is 0.325 e. The maximum atomic E-state index is 12.2. The highest BCUT2D eigenvalue weighted by Gasteiger charge is 2.22. The molecular weight excluding hydrogens is 338 g/mol. The Bertz CT molecular complexity index is 796. The van der Waals surface area contributed by atoms with Gasteiger partial charge in [0.05, 0.1) is 6.54 Å². The molecule has 0 aliphatic carbocycles. The molecule has 3 amide bonds. The summed E-state index contributed by atoms with van der Waals surface area (Å²) in [6.45, 7) is 5.92. The lowest BCUT2D eigenvalue weighted by atomic mass is 9.89. The van der Waals surface area contributed by atoms with Gasteiger partial charge in [-0.1, -0.05) is 42.5 Å². The number of benzene rings is 2. The molecule has 3 rings (SSSR count). The first-order valence-electron chi connectivity index (χ1n) is 9.47. The second-order valence-corrected chi connectivity index (χ2v) is 7.21. The quantitative estimate of drug-likeness (QED) is 0.866. The van der Waals surface area contributed by atoms with E-state index in [1.807, 2.05) is 38.1 Å². The molecule has 2 aromatic rings. The molecule has 2 N–H and O–H groups in total. The number of rotatable bonds is 4. The first-order valence-corrected chi connectivity index (χ1v) is 9.47. The molecule has 1 fully saturated rings. The van der Waals surface area contributed by atoms with Gasteiger partial charge in [0.25, 0.3) is 0 Å². The highest BCUT2D eigenvalue weighted by Crippen LogP contribution is 2.27. The Hall–Kier alpha value is -2.66. The van der Waals surface area contributed by atoms with Crippen LogP contribution in [-0.4, -0.2) is 36.5 Å². The van der Waals surface area contributed by atoms with Crippen molar-refractivity contribution in [3.05, 3.63) is 65.2 Å². The van der Waals surface area contributed by atoms with Crippen molar-refractivity contribution in [2.45, 2.75) is 32.6 Å². The van der Waals surface area contributed by atoms with Crippen LogP contribution in [0, 0.1) is 13.8 Å². The summed E-state index contributed by atoms with van der Waals surface area (Å²) >= 11 is 0. The van der Waals surface area contributed by atoms with Crippen LogP contribution < -0.4 is 10.6 Å². The molecule has 5 heteroatoms. The van der Waals surface area contributed by atoms with Gasteiger partial charge in [-0.3, -0.25) is 15.0 Å². The van der Waals surface area contributed by atoms with Crippen LogP contribution in [0.25, 0.3) is 0 Å². The molecule has 0 spiro atoms. The van der Waals surface area contributed by atoms with E-state index in [4.69, 9.17) is 0 Å². The van der Waals surface area contributed by atoms with Gasteiger partial charge in [-0.25, -0.2) is 4.79 Å². The average molecular weight is 365 g/mol. The number of likely N-dealkylation sites (tertiary alicyclic amines) is 1. The number of amides is 3. The fourth-order valence-corrected chi connectivity index (χ4v) is 3.56. The normalized spacial score (nSPS) is 15.3. The molecule has 0 bridgehead atoms. The highest BCUT2D eigenvalue weighted by molar-refractivity contribution is 6.02. The van der Waals surface area contributed by atoms with E-state index in [1.54, 1.807) is 0 Å². The van der Waals surface area contributed by atoms with E-state index in [-0.39, 0.29) is 12.5 Å². The molecular formula is C22H27N3O2. The summed E-state index contributed by atoms with van der Waals surface area (Å²) in [6, 6.07) is 15.8. The minimum Gasteiger partial charge on any atom is -0.307 e. The molecule has 0 radical (unpaired) electrons. The van der Waals surface area contributed by atoms with Crippen molar-refractivity contribution in [1.82, 2.24) is 10.2 Å². The first-order chi connectivity index (χ1) is 13.0. The van der Waals surface area contributed by atoms with E-state index in [9.17, 15) is 9.59 Å². The number of hydrogen-bond donors (Lipinski definition) is 2. The van der Waals surface area contributed by atoms with Crippen LogP contribution in [0.3, 0.4) is 0 Å². The number of urea groups is 1. The zero-order valence-corrected chi connectivity index (χ0v) is 16.0. The third-order valence-corrected chi connectivity index (χ3v) is 5.33. The summed E-state index contributed by atoms with van der Waals surface area (Å²) in [4.78, 5) is 26.4. The van der Waals surface area contributed by atoms with E-state index in [0.29, 0.717) is 5.92 Å². The van der Waals surface area contributed by atoms with Crippen molar-refractivity contribution >= 4 is 17.6 Å². The number of aryl methyl sites for hydroxylation is 1. The van der Waals surface area contributed by atoms with E-state index in [2.05, 4.69) is 39.8 Å². The molecule has 0 saturated carbocycles. The van der Waals surface area contributed by atoms with Crippen LogP contribution in [0.4, 0.5) is 10.5 Å². The summed E-state index contributed by atoms with van der Waals surface area (Å²) in [7, 11) is 0.